The molecule has 0 aromatic rings. The molecule has 10 heavy (non-hydrogen) atoms. The summed E-state index contributed by atoms with van der Waals surface area (Å²) >= 11 is 0. The van der Waals surface area contributed by atoms with Crippen LogP contribution >= 0.6 is 0 Å². The predicted octanol–water partition coefficient (Wildman–Crippen LogP) is 2.44. The highest BCUT2D eigenvalue weighted by Crippen LogP contribution is 2.15. The first-order valence-corrected chi connectivity index (χ1v) is 3.70. The lowest BCUT2D eigenvalue weighted by molar-refractivity contribution is 0.259. The fourth-order valence-corrected chi connectivity index (χ4v) is 0.421. The van der Waals surface area contributed by atoms with Crippen LogP contribution in [0.1, 0.15) is 34.1 Å². The molecule has 1 N–H and O–H groups in total. The molecule has 0 aliphatic carbocycles. The van der Waals surface area contributed by atoms with Crippen LogP contribution in [0.5, 0.6) is 0 Å². The second kappa shape index (κ2) is 3.59. The highest BCUT2D eigenvalue weighted by atomic mass is 16.5. The lowest BCUT2D eigenvalue weighted by Crippen LogP contribution is -2.22. The van der Waals surface area contributed by atoms with Gasteiger partial charge < -0.3 is 4.74 Å². The first-order valence-electron chi connectivity index (χ1n) is 3.70. The van der Waals surface area contributed by atoms with Gasteiger partial charge in [-0.05, 0) is 6.42 Å². The minimum Gasteiger partial charge on any atom is -0.481 e. The summed E-state index contributed by atoms with van der Waals surface area (Å²) in [5, 5.41) is 7.42. The molecule has 0 unspecified atom stereocenters. The second-order valence-electron chi connectivity index (χ2n) is 3.43. The summed E-state index contributed by atoms with van der Waals surface area (Å²) in [6.07, 6.45) is 0.971. The van der Waals surface area contributed by atoms with Crippen LogP contribution in [-0.2, 0) is 4.74 Å². The van der Waals surface area contributed by atoms with Crippen LogP contribution < -0.4 is 0 Å². The second-order valence-corrected chi connectivity index (χ2v) is 3.43. The van der Waals surface area contributed by atoms with E-state index in [9.17, 15) is 0 Å². The molecule has 0 saturated heterocycles. The molecule has 0 heterocycles. The van der Waals surface area contributed by atoms with Gasteiger partial charge in [-0.25, -0.2) is 0 Å². The molecule has 0 bridgehead atoms. The Balaban J connectivity index is 3.64. The zero-order valence-corrected chi connectivity index (χ0v) is 7.32. The minimum atomic E-state index is -0.130. The van der Waals surface area contributed by atoms with Gasteiger partial charge in [-0.3, -0.25) is 5.41 Å². The van der Waals surface area contributed by atoms with Gasteiger partial charge in [0.05, 0.1) is 6.61 Å². The number of hydrogen-bond donors (Lipinski definition) is 1. The number of hydrogen-bond acceptors (Lipinski definition) is 2. The van der Waals surface area contributed by atoms with Crippen molar-refractivity contribution in [3.63, 3.8) is 0 Å². The lowest BCUT2D eigenvalue weighted by atomic mass is 9.97. The first kappa shape index (κ1) is 9.47. The molecule has 0 aromatic carbocycles. The van der Waals surface area contributed by atoms with Gasteiger partial charge in [0.25, 0.3) is 0 Å². The highest BCUT2D eigenvalue weighted by molar-refractivity contribution is 5.78. The first-order chi connectivity index (χ1) is 4.48. The van der Waals surface area contributed by atoms with Gasteiger partial charge >= 0.3 is 0 Å². The van der Waals surface area contributed by atoms with Crippen LogP contribution in [0, 0.1) is 10.8 Å². The standard InChI is InChI=1S/C8H17NO/c1-5-6-10-7(9)8(2,3)4/h9H,5-6H2,1-4H3. The highest BCUT2D eigenvalue weighted by Gasteiger charge is 2.17. The van der Waals surface area contributed by atoms with Crippen molar-refractivity contribution in [1.29, 1.82) is 5.41 Å². The van der Waals surface area contributed by atoms with Gasteiger partial charge in [0.2, 0.25) is 0 Å². The smallest absolute Gasteiger partial charge is 0.185 e. The van der Waals surface area contributed by atoms with E-state index in [1.807, 2.05) is 27.7 Å². The Morgan fingerprint density at radius 1 is 1.40 bits per heavy atom. The Morgan fingerprint density at radius 2 is 1.90 bits per heavy atom. The third-order valence-corrected chi connectivity index (χ3v) is 1.13. The van der Waals surface area contributed by atoms with Crippen LogP contribution in [0.2, 0.25) is 0 Å². The van der Waals surface area contributed by atoms with Gasteiger partial charge in [-0.2, -0.15) is 0 Å². The Labute approximate surface area is 63.1 Å². The van der Waals surface area contributed by atoms with Crippen molar-refractivity contribution in [3.8, 4) is 0 Å². The Hall–Kier alpha value is -0.530. The zero-order valence-electron chi connectivity index (χ0n) is 7.32. The summed E-state index contributed by atoms with van der Waals surface area (Å²) in [5.41, 5.74) is -0.130. The fourth-order valence-electron chi connectivity index (χ4n) is 0.421. The van der Waals surface area contributed by atoms with E-state index in [1.165, 1.54) is 0 Å². The molecule has 0 fully saturated rings. The van der Waals surface area contributed by atoms with Gasteiger partial charge in [-0.15, -0.1) is 0 Å². The van der Waals surface area contributed by atoms with E-state index in [0.717, 1.165) is 6.42 Å². The number of ether oxygens (including phenoxy) is 1. The largest absolute Gasteiger partial charge is 0.481 e. The summed E-state index contributed by atoms with van der Waals surface area (Å²) in [4.78, 5) is 0. The van der Waals surface area contributed by atoms with Gasteiger partial charge in [0.15, 0.2) is 5.90 Å². The third kappa shape index (κ3) is 3.49. The molecular weight excluding hydrogens is 126 g/mol. The Morgan fingerprint density at radius 3 is 2.20 bits per heavy atom. The lowest BCUT2D eigenvalue weighted by Gasteiger charge is -2.19. The van der Waals surface area contributed by atoms with Crippen molar-refractivity contribution in [3.05, 3.63) is 0 Å². The number of nitrogens with one attached hydrogen (secondary N) is 1. The minimum absolute atomic E-state index is 0.130. The van der Waals surface area contributed by atoms with Gasteiger partial charge in [0.1, 0.15) is 0 Å². The molecule has 0 saturated carbocycles. The topological polar surface area (TPSA) is 33.1 Å². The van der Waals surface area contributed by atoms with Gasteiger partial charge in [0, 0.05) is 5.41 Å². The van der Waals surface area contributed by atoms with Crippen molar-refractivity contribution in [2.45, 2.75) is 34.1 Å². The molecular formula is C8H17NO. The summed E-state index contributed by atoms with van der Waals surface area (Å²) in [6, 6.07) is 0. The average molecular weight is 143 g/mol. The normalized spacial score (nSPS) is 11.2. The molecule has 0 atom stereocenters. The summed E-state index contributed by atoms with van der Waals surface area (Å²) < 4.78 is 5.14. The van der Waals surface area contributed by atoms with E-state index >= 15 is 0 Å². The van der Waals surface area contributed by atoms with E-state index < -0.39 is 0 Å². The molecule has 2 nitrogen and oxygen atoms in total. The SMILES string of the molecule is CCCOC(=N)C(C)(C)C. The average Bonchev–Trinajstić information content (AvgIpc) is 1.80. The van der Waals surface area contributed by atoms with Crippen LogP contribution in [0.4, 0.5) is 0 Å². The summed E-state index contributed by atoms with van der Waals surface area (Å²) in [7, 11) is 0. The van der Waals surface area contributed by atoms with Crippen molar-refractivity contribution in [2.24, 2.45) is 5.41 Å². The quantitative estimate of drug-likeness (QED) is 0.467. The summed E-state index contributed by atoms with van der Waals surface area (Å²) in [5.74, 6) is 0.384. The van der Waals surface area contributed by atoms with Crippen molar-refractivity contribution >= 4 is 5.90 Å². The van der Waals surface area contributed by atoms with E-state index in [2.05, 4.69) is 0 Å². The van der Waals surface area contributed by atoms with Crippen LogP contribution in [0.25, 0.3) is 0 Å². The molecule has 0 radical (unpaired) electrons. The van der Waals surface area contributed by atoms with E-state index in [-0.39, 0.29) is 5.41 Å². The van der Waals surface area contributed by atoms with Gasteiger partial charge in [-0.1, -0.05) is 27.7 Å². The fraction of sp³-hybridized carbons (Fsp3) is 0.875. The molecule has 0 amide bonds. The molecule has 0 aliphatic rings. The van der Waals surface area contributed by atoms with Crippen LogP contribution in [-0.4, -0.2) is 12.5 Å². The molecule has 0 rings (SSSR count). The maximum atomic E-state index is 7.42. The Kier molecular flexibility index (Phi) is 3.40. The maximum absolute atomic E-state index is 7.42. The molecule has 2 heteroatoms. The molecule has 0 aromatic heterocycles. The maximum Gasteiger partial charge on any atom is 0.185 e. The molecule has 0 spiro atoms. The molecule has 0 aliphatic heterocycles. The third-order valence-electron chi connectivity index (χ3n) is 1.13. The van der Waals surface area contributed by atoms with E-state index in [0.29, 0.717) is 12.5 Å². The van der Waals surface area contributed by atoms with Crippen LogP contribution in [0.15, 0.2) is 0 Å². The zero-order chi connectivity index (χ0) is 8.20. The van der Waals surface area contributed by atoms with Crippen molar-refractivity contribution in [1.82, 2.24) is 0 Å². The van der Waals surface area contributed by atoms with Crippen LogP contribution in [0.3, 0.4) is 0 Å². The van der Waals surface area contributed by atoms with E-state index in [4.69, 9.17) is 10.1 Å². The monoisotopic (exact) mass is 143 g/mol. The van der Waals surface area contributed by atoms with E-state index in [1.54, 1.807) is 0 Å². The summed E-state index contributed by atoms with van der Waals surface area (Å²) in [6.45, 7) is 8.63. The molecule has 60 valence electrons. The predicted molar refractivity (Wildman–Crippen MR) is 43.4 cm³/mol. The number of rotatable bonds is 2. The van der Waals surface area contributed by atoms with Crippen molar-refractivity contribution in [2.75, 3.05) is 6.61 Å². The van der Waals surface area contributed by atoms with Crippen molar-refractivity contribution < 1.29 is 4.74 Å². The Bertz CT molecular complexity index is 113.